The Kier molecular flexibility index (Phi) is 4.62. The van der Waals surface area contributed by atoms with Crippen LogP contribution in [0.15, 0.2) is 52.1 Å². The Labute approximate surface area is 159 Å². The van der Waals surface area contributed by atoms with Gasteiger partial charge in [-0.25, -0.2) is 13.4 Å². The number of benzene rings is 1. The molecule has 0 unspecified atom stereocenters. The van der Waals surface area contributed by atoms with Gasteiger partial charge in [-0.3, -0.25) is 10.1 Å². The highest BCUT2D eigenvalue weighted by Crippen LogP contribution is 2.31. The highest BCUT2D eigenvalue weighted by atomic mass is 32.2. The van der Waals surface area contributed by atoms with E-state index in [4.69, 9.17) is 0 Å². The van der Waals surface area contributed by atoms with Gasteiger partial charge in [0, 0.05) is 23.2 Å². The summed E-state index contributed by atoms with van der Waals surface area (Å²) in [6.45, 7) is 0.657. The third-order valence-corrected chi connectivity index (χ3v) is 7.62. The summed E-state index contributed by atoms with van der Waals surface area (Å²) in [4.78, 5) is 17.8. The Bertz CT molecular complexity index is 1030. The van der Waals surface area contributed by atoms with Crippen molar-refractivity contribution in [1.29, 1.82) is 0 Å². The van der Waals surface area contributed by atoms with E-state index in [0.29, 0.717) is 28.6 Å². The van der Waals surface area contributed by atoms with Crippen LogP contribution in [0.25, 0.3) is 0 Å². The molecule has 1 N–H and O–H groups in total. The zero-order chi connectivity index (χ0) is 18.1. The number of hydrogen-bond donors (Lipinski definition) is 1. The van der Waals surface area contributed by atoms with Gasteiger partial charge in [0.05, 0.1) is 22.7 Å². The van der Waals surface area contributed by atoms with E-state index in [1.165, 1.54) is 27.0 Å². The molecule has 0 fully saturated rings. The van der Waals surface area contributed by atoms with Crippen molar-refractivity contribution in [2.24, 2.45) is 0 Å². The molecule has 4 rings (SSSR count). The second-order valence-corrected chi connectivity index (χ2v) is 9.56. The molecule has 1 amide bonds. The molecule has 1 aromatic carbocycles. The van der Waals surface area contributed by atoms with Crippen molar-refractivity contribution in [3.8, 4) is 0 Å². The molecular weight excluding hydrogens is 390 g/mol. The third kappa shape index (κ3) is 3.30. The monoisotopic (exact) mass is 405 g/mol. The summed E-state index contributed by atoms with van der Waals surface area (Å²) in [5.74, 6) is -0.203. The fourth-order valence-electron chi connectivity index (χ4n) is 2.74. The maximum atomic E-state index is 12.8. The number of thiophene rings is 1. The van der Waals surface area contributed by atoms with Crippen molar-refractivity contribution in [2.45, 2.75) is 17.9 Å². The molecule has 1 aliphatic heterocycles. The summed E-state index contributed by atoms with van der Waals surface area (Å²) in [7, 11) is -3.53. The molecule has 0 saturated heterocycles. The quantitative estimate of drug-likeness (QED) is 0.723. The van der Waals surface area contributed by atoms with Gasteiger partial charge < -0.3 is 0 Å². The smallest absolute Gasteiger partial charge is 0.258 e. The van der Waals surface area contributed by atoms with Gasteiger partial charge in [0.25, 0.3) is 5.91 Å². The van der Waals surface area contributed by atoms with Crippen LogP contribution in [0, 0.1) is 0 Å². The normalized spacial score (nSPS) is 14.8. The van der Waals surface area contributed by atoms with Crippen molar-refractivity contribution in [1.82, 2.24) is 9.29 Å². The first-order valence-corrected chi connectivity index (χ1v) is 11.1. The summed E-state index contributed by atoms with van der Waals surface area (Å²) in [6, 6.07) is 10.2. The summed E-state index contributed by atoms with van der Waals surface area (Å²) in [5, 5.41) is 6.91. The molecule has 3 heterocycles. The van der Waals surface area contributed by atoms with Crippen molar-refractivity contribution >= 4 is 43.7 Å². The average Bonchev–Trinajstić information content (AvgIpc) is 3.31. The molecule has 0 radical (unpaired) electrons. The number of thiazole rings is 1. The lowest BCUT2D eigenvalue weighted by Crippen LogP contribution is -2.35. The average molecular weight is 406 g/mol. The number of aromatic nitrogens is 1. The second-order valence-electron chi connectivity index (χ2n) is 5.76. The van der Waals surface area contributed by atoms with Crippen LogP contribution in [-0.4, -0.2) is 30.2 Å². The van der Waals surface area contributed by atoms with Crippen LogP contribution in [0.1, 0.15) is 20.9 Å². The first kappa shape index (κ1) is 17.3. The van der Waals surface area contributed by atoms with Crippen LogP contribution < -0.4 is 5.32 Å². The summed E-state index contributed by atoms with van der Waals surface area (Å²) >= 11 is 2.79. The Hall–Kier alpha value is -2.07. The molecule has 6 nitrogen and oxygen atoms in total. The molecule has 134 valence electrons. The van der Waals surface area contributed by atoms with Crippen molar-refractivity contribution in [2.75, 3.05) is 11.9 Å². The molecule has 0 spiro atoms. The molecule has 0 atom stereocenters. The van der Waals surface area contributed by atoms with E-state index < -0.39 is 10.0 Å². The number of nitrogens with one attached hydrogen (secondary N) is 1. The van der Waals surface area contributed by atoms with Crippen LogP contribution in [0.3, 0.4) is 0 Å². The fraction of sp³-hybridized carbons (Fsp3) is 0.176. The number of carbonyl (C=O) groups is 1. The number of hydrogen-bond acceptors (Lipinski definition) is 6. The number of nitrogens with zero attached hydrogens (tertiary/aromatic N) is 2. The van der Waals surface area contributed by atoms with E-state index >= 15 is 0 Å². The molecule has 0 bridgehead atoms. The number of amides is 1. The molecule has 0 saturated carbocycles. The van der Waals surface area contributed by atoms with Crippen LogP contribution in [0.2, 0.25) is 0 Å². The first-order valence-electron chi connectivity index (χ1n) is 7.91. The van der Waals surface area contributed by atoms with E-state index in [2.05, 4.69) is 10.3 Å². The zero-order valence-electron chi connectivity index (χ0n) is 13.6. The molecule has 26 heavy (non-hydrogen) atoms. The van der Waals surface area contributed by atoms with Gasteiger partial charge in [-0.1, -0.05) is 18.2 Å². The van der Waals surface area contributed by atoms with Crippen LogP contribution in [0.4, 0.5) is 5.13 Å². The minimum atomic E-state index is -3.53. The van der Waals surface area contributed by atoms with E-state index in [-0.39, 0.29) is 12.5 Å². The Morgan fingerprint density at radius 1 is 1.19 bits per heavy atom. The minimum Gasteiger partial charge on any atom is -0.298 e. The van der Waals surface area contributed by atoms with Gasteiger partial charge in [0.15, 0.2) is 5.13 Å². The minimum absolute atomic E-state index is 0.203. The number of carbonyl (C=O) groups excluding carboxylic acids is 1. The van der Waals surface area contributed by atoms with Gasteiger partial charge in [0.1, 0.15) is 0 Å². The summed E-state index contributed by atoms with van der Waals surface area (Å²) in [6.07, 6.45) is 0.534. The predicted molar refractivity (Wildman–Crippen MR) is 102 cm³/mol. The van der Waals surface area contributed by atoms with Crippen molar-refractivity contribution in [3.05, 3.63) is 63.3 Å². The number of rotatable bonds is 4. The number of anilines is 1. The maximum Gasteiger partial charge on any atom is 0.258 e. The Balaban J connectivity index is 1.53. The lowest BCUT2D eigenvalue weighted by molar-refractivity contribution is 0.102. The van der Waals surface area contributed by atoms with Crippen LogP contribution >= 0.6 is 22.7 Å². The molecule has 3 aromatic rings. The largest absolute Gasteiger partial charge is 0.298 e. The Morgan fingerprint density at radius 3 is 2.73 bits per heavy atom. The summed E-state index contributed by atoms with van der Waals surface area (Å²) in [5.41, 5.74) is 1.45. The van der Waals surface area contributed by atoms with Crippen LogP contribution in [0.5, 0.6) is 0 Å². The van der Waals surface area contributed by atoms with E-state index in [1.54, 1.807) is 41.8 Å². The zero-order valence-corrected chi connectivity index (χ0v) is 16.0. The third-order valence-electron chi connectivity index (χ3n) is 4.08. The summed E-state index contributed by atoms with van der Waals surface area (Å²) < 4.78 is 27.0. The van der Waals surface area contributed by atoms with Gasteiger partial charge in [-0.05, 0) is 23.6 Å². The first-order chi connectivity index (χ1) is 12.5. The van der Waals surface area contributed by atoms with Gasteiger partial charge in [-0.2, -0.15) is 15.6 Å². The number of fused-ring (bicyclic) bond motifs is 1. The number of sulfonamides is 1. The van der Waals surface area contributed by atoms with E-state index in [0.717, 1.165) is 10.6 Å². The molecule has 2 aromatic heterocycles. The van der Waals surface area contributed by atoms with Gasteiger partial charge in [0.2, 0.25) is 10.0 Å². The van der Waals surface area contributed by atoms with E-state index in [9.17, 15) is 13.2 Å². The van der Waals surface area contributed by atoms with E-state index in [1.807, 2.05) is 5.38 Å². The van der Waals surface area contributed by atoms with Crippen molar-refractivity contribution < 1.29 is 13.2 Å². The molecule has 0 aliphatic carbocycles. The van der Waals surface area contributed by atoms with Gasteiger partial charge in [-0.15, -0.1) is 11.3 Å². The van der Waals surface area contributed by atoms with Crippen molar-refractivity contribution in [3.63, 3.8) is 0 Å². The Morgan fingerprint density at radius 2 is 2.00 bits per heavy atom. The highest BCUT2D eigenvalue weighted by Gasteiger charge is 2.30. The SMILES string of the molecule is O=C(Nc1nc2c(s1)CN(S(=O)(=O)c1ccccc1)CC2)c1ccsc1. The lowest BCUT2D eigenvalue weighted by Gasteiger charge is -2.25. The highest BCUT2D eigenvalue weighted by molar-refractivity contribution is 7.89. The molecule has 1 aliphatic rings. The predicted octanol–water partition coefficient (Wildman–Crippen LogP) is 3.20. The molecular formula is C17H15N3O3S3. The maximum absolute atomic E-state index is 12.8. The lowest BCUT2D eigenvalue weighted by atomic mass is 10.2. The standard InChI is InChI=1S/C17H15N3O3S3/c21-16(12-7-9-24-11-12)19-17-18-14-6-8-20(10-15(14)25-17)26(22,23)13-4-2-1-3-5-13/h1-5,7,9,11H,6,8,10H2,(H,18,19,21). The fourth-order valence-corrected chi connectivity index (χ4v) is 5.90. The second kappa shape index (κ2) is 6.92. The molecule has 9 heteroatoms. The van der Waals surface area contributed by atoms with Crippen LogP contribution in [-0.2, 0) is 23.0 Å². The topological polar surface area (TPSA) is 79.4 Å². The van der Waals surface area contributed by atoms with Gasteiger partial charge >= 0.3 is 0 Å².